The van der Waals surface area contributed by atoms with Gasteiger partial charge in [0.2, 0.25) is 0 Å². The third-order valence-corrected chi connectivity index (χ3v) is 5.07. The number of nitriles is 1. The molecular weight excluding hydrogens is 488 g/mol. The van der Waals surface area contributed by atoms with Crippen LogP contribution in [-0.4, -0.2) is 24.1 Å². The fourth-order valence-electron chi connectivity index (χ4n) is 2.88. The molecule has 0 radical (unpaired) electrons. The summed E-state index contributed by atoms with van der Waals surface area (Å²) in [5.41, 5.74) is 1.70. The van der Waals surface area contributed by atoms with Crippen molar-refractivity contribution in [2.75, 3.05) is 12.4 Å². The number of ether oxygens (including phenoxy) is 2. The van der Waals surface area contributed by atoms with Crippen LogP contribution in [0.3, 0.4) is 0 Å². The van der Waals surface area contributed by atoms with Gasteiger partial charge < -0.3 is 19.9 Å². The molecule has 0 fully saturated rings. The zero-order chi connectivity index (χ0) is 23.8. The van der Waals surface area contributed by atoms with E-state index in [2.05, 4.69) is 21.2 Å². The summed E-state index contributed by atoms with van der Waals surface area (Å²) < 4.78 is 12.2. The molecule has 2 N–H and O–H groups in total. The van der Waals surface area contributed by atoms with Crippen LogP contribution in [0.15, 0.2) is 76.8 Å². The minimum absolute atomic E-state index is 0.0266. The molecule has 3 aromatic rings. The summed E-state index contributed by atoms with van der Waals surface area (Å²) in [6.07, 6.45) is 1.41. The molecule has 0 spiro atoms. The maximum absolute atomic E-state index is 12.5. The van der Waals surface area contributed by atoms with Crippen LogP contribution in [0, 0.1) is 11.3 Å². The van der Waals surface area contributed by atoms with Crippen LogP contribution in [0.5, 0.6) is 11.5 Å². The van der Waals surface area contributed by atoms with E-state index in [1.807, 2.05) is 30.3 Å². The van der Waals surface area contributed by atoms with E-state index in [0.717, 1.165) is 10.0 Å². The quantitative estimate of drug-likeness (QED) is 0.317. The van der Waals surface area contributed by atoms with Crippen molar-refractivity contribution in [1.29, 1.82) is 5.26 Å². The fraction of sp³-hybridized carbons (Fsp3) is 0.0800. The predicted molar refractivity (Wildman–Crippen MR) is 127 cm³/mol. The third kappa shape index (κ3) is 6.45. The monoisotopic (exact) mass is 506 g/mol. The third-order valence-electron chi connectivity index (χ3n) is 4.54. The summed E-state index contributed by atoms with van der Waals surface area (Å²) in [6, 6.07) is 20.4. The number of amides is 1. The van der Waals surface area contributed by atoms with E-state index >= 15 is 0 Å². The van der Waals surface area contributed by atoms with Gasteiger partial charge in [-0.3, -0.25) is 4.79 Å². The van der Waals surface area contributed by atoms with E-state index in [1.165, 1.54) is 31.4 Å². The summed E-state index contributed by atoms with van der Waals surface area (Å²) in [5.74, 6) is -0.801. The molecule has 0 saturated heterocycles. The molecule has 0 saturated carbocycles. The van der Waals surface area contributed by atoms with Crippen LogP contribution in [0.25, 0.3) is 6.08 Å². The molecule has 3 rings (SSSR count). The highest BCUT2D eigenvalue weighted by molar-refractivity contribution is 9.10. The number of carboxylic acids is 1. The minimum Gasteiger partial charge on any atom is -0.493 e. The van der Waals surface area contributed by atoms with Gasteiger partial charge in [-0.1, -0.05) is 40.2 Å². The number of hydrogen-bond acceptors (Lipinski definition) is 5. The average Bonchev–Trinajstić information content (AvgIpc) is 2.82. The Balaban J connectivity index is 1.75. The number of hydrogen-bond donors (Lipinski definition) is 2. The van der Waals surface area contributed by atoms with Crippen molar-refractivity contribution in [1.82, 2.24) is 0 Å². The Morgan fingerprint density at radius 3 is 2.52 bits per heavy atom. The molecule has 7 nitrogen and oxygen atoms in total. The second-order valence-electron chi connectivity index (χ2n) is 6.84. The molecule has 0 bridgehead atoms. The van der Waals surface area contributed by atoms with Gasteiger partial charge in [0.1, 0.15) is 18.2 Å². The highest BCUT2D eigenvalue weighted by atomic mass is 79.9. The molecule has 33 heavy (non-hydrogen) atoms. The summed E-state index contributed by atoms with van der Waals surface area (Å²) in [6.45, 7) is 0.347. The van der Waals surface area contributed by atoms with Crippen LogP contribution < -0.4 is 14.8 Å². The van der Waals surface area contributed by atoms with E-state index in [-0.39, 0.29) is 16.8 Å². The maximum atomic E-state index is 12.5. The van der Waals surface area contributed by atoms with Crippen molar-refractivity contribution in [2.45, 2.75) is 6.61 Å². The number of aromatic carboxylic acids is 1. The smallest absolute Gasteiger partial charge is 0.335 e. The van der Waals surface area contributed by atoms with Crippen LogP contribution in [-0.2, 0) is 11.4 Å². The summed E-state index contributed by atoms with van der Waals surface area (Å²) in [5, 5.41) is 21.1. The largest absolute Gasteiger partial charge is 0.493 e. The first-order valence-electron chi connectivity index (χ1n) is 9.71. The number of halogens is 1. The van der Waals surface area contributed by atoms with Crippen LogP contribution >= 0.6 is 15.9 Å². The number of benzene rings is 3. The molecule has 166 valence electrons. The molecular formula is C25H19BrN2O5. The normalized spacial score (nSPS) is 10.8. The zero-order valence-corrected chi connectivity index (χ0v) is 19.1. The molecule has 0 aliphatic rings. The first kappa shape index (κ1) is 23.6. The lowest BCUT2D eigenvalue weighted by molar-refractivity contribution is -0.112. The van der Waals surface area contributed by atoms with Crippen molar-refractivity contribution >= 4 is 39.6 Å². The average molecular weight is 507 g/mol. The molecule has 0 aromatic heterocycles. The van der Waals surface area contributed by atoms with E-state index in [1.54, 1.807) is 24.3 Å². The Kier molecular flexibility index (Phi) is 7.84. The Labute approximate surface area is 199 Å². The van der Waals surface area contributed by atoms with Gasteiger partial charge in [0.25, 0.3) is 5.91 Å². The van der Waals surface area contributed by atoms with Crippen LogP contribution in [0.2, 0.25) is 0 Å². The maximum Gasteiger partial charge on any atom is 0.335 e. The lowest BCUT2D eigenvalue weighted by Crippen LogP contribution is -2.14. The second-order valence-corrected chi connectivity index (χ2v) is 7.75. The SMILES string of the molecule is COc1cc(/C=C(/C#N)C(=O)Nc2cccc(C(=O)O)c2)ccc1OCc1ccc(Br)cc1. The number of carbonyl (C=O) groups excluding carboxylic acids is 1. The number of carboxylic acid groups (broad SMARTS) is 1. The Hall–Kier alpha value is -4.09. The molecule has 3 aromatic carbocycles. The van der Waals surface area contributed by atoms with Crippen molar-refractivity contribution in [2.24, 2.45) is 0 Å². The van der Waals surface area contributed by atoms with Crippen LogP contribution in [0.1, 0.15) is 21.5 Å². The summed E-state index contributed by atoms with van der Waals surface area (Å²) in [7, 11) is 1.50. The number of methoxy groups -OCH3 is 1. The van der Waals surface area contributed by atoms with E-state index in [4.69, 9.17) is 14.6 Å². The first-order valence-corrected chi connectivity index (χ1v) is 10.5. The highest BCUT2D eigenvalue weighted by Crippen LogP contribution is 2.30. The lowest BCUT2D eigenvalue weighted by atomic mass is 10.1. The number of carbonyl (C=O) groups is 2. The lowest BCUT2D eigenvalue weighted by Gasteiger charge is -2.12. The standard InChI is InChI=1S/C25H19BrN2O5/c1-32-23-12-17(7-10-22(23)33-15-16-5-8-20(26)9-6-16)11-19(14-27)24(29)28-21-4-2-3-18(13-21)25(30)31/h2-13H,15H2,1H3,(H,28,29)(H,30,31)/b19-11-. The molecule has 1 amide bonds. The molecule has 0 unspecified atom stereocenters. The zero-order valence-electron chi connectivity index (χ0n) is 17.5. The molecule has 8 heteroatoms. The summed E-state index contributed by atoms with van der Waals surface area (Å²) >= 11 is 3.39. The summed E-state index contributed by atoms with van der Waals surface area (Å²) in [4.78, 5) is 23.6. The Morgan fingerprint density at radius 2 is 1.85 bits per heavy atom. The molecule has 0 heterocycles. The van der Waals surface area contributed by atoms with Gasteiger partial charge in [-0.2, -0.15) is 5.26 Å². The van der Waals surface area contributed by atoms with Crippen molar-refractivity contribution in [3.63, 3.8) is 0 Å². The highest BCUT2D eigenvalue weighted by Gasteiger charge is 2.12. The Morgan fingerprint density at radius 1 is 1.09 bits per heavy atom. The molecule has 0 atom stereocenters. The Bertz CT molecular complexity index is 1250. The topological polar surface area (TPSA) is 109 Å². The van der Waals surface area contributed by atoms with Gasteiger partial charge in [-0.05, 0) is 59.7 Å². The van der Waals surface area contributed by atoms with Crippen molar-refractivity contribution in [3.05, 3.63) is 93.5 Å². The van der Waals surface area contributed by atoms with Gasteiger partial charge in [0, 0.05) is 10.2 Å². The van der Waals surface area contributed by atoms with Crippen molar-refractivity contribution < 1.29 is 24.2 Å². The van der Waals surface area contributed by atoms with Gasteiger partial charge in [-0.25, -0.2) is 4.79 Å². The van der Waals surface area contributed by atoms with Crippen LogP contribution in [0.4, 0.5) is 5.69 Å². The van der Waals surface area contributed by atoms with E-state index < -0.39 is 11.9 Å². The van der Waals surface area contributed by atoms with Crippen molar-refractivity contribution in [3.8, 4) is 17.6 Å². The predicted octanol–water partition coefficient (Wildman–Crippen LogP) is 5.28. The minimum atomic E-state index is -1.11. The number of nitrogens with zero attached hydrogens (tertiary/aromatic N) is 1. The number of anilines is 1. The van der Waals surface area contributed by atoms with Gasteiger partial charge in [0.05, 0.1) is 12.7 Å². The van der Waals surface area contributed by atoms with Gasteiger partial charge >= 0.3 is 5.97 Å². The first-order chi connectivity index (χ1) is 15.9. The number of rotatable bonds is 8. The fourth-order valence-corrected chi connectivity index (χ4v) is 3.14. The number of nitrogens with one attached hydrogen (secondary N) is 1. The van der Waals surface area contributed by atoms with Gasteiger partial charge in [0.15, 0.2) is 11.5 Å². The molecule has 0 aliphatic heterocycles. The van der Waals surface area contributed by atoms with E-state index in [0.29, 0.717) is 23.7 Å². The van der Waals surface area contributed by atoms with Gasteiger partial charge in [-0.15, -0.1) is 0 Å². The molecule has 0 aliphatic carbocycles. The van der Waals surface area contributed by atoms with E-state index in [9.17, 15) is 14.9 Å². The second kappa shape index (κ2) is 11.0.